The molecule has 1 aromatic carbocycles. The number of hydrogen-bond acceptors (Lipinski definition) is 6. The molecule has 0 saturated heterocycles. The van der Waals surface area contributed by atoms with Gasteiger partial charge < -0.3 is 14.8 Å². The summed E-state index contributed by atoms with van der Waals surface area (Å²) in [5, 5.41) is 9.52. The number of methoxy groups -OCH3 is 2. The summed E-state index contributed by atoms with van der Waals surface area (Å²) < 4.78 is 12.1. The lowest BCUT2D eigenvalue weighted by Gasteiger charge is -2.13. The van der Waals surface area contributed by atoms with Crippen LogP contribution in [0.3, 0.4) is 0 Å². The minimum atomic E-state index is -0.388. The van der Waals surface area contributed by atoms with Gasteiger partial charge in [0, 0.05) is 13.1 Å². The van der Waals surface area contributed by atoms with Gasteiger partial charge in [0.1, 0.15) is 0 Å². The second kappa shape index (κ2) is 10.1. The van der Waals surface area contributed by atoms with Crippen molar-refractivity contribution in [1.29, 1.82) is 0 Å². The molecule has 148 valence electrons. The van der Waals surface area contributed by atoms with Crippen molar-refractivity contribution >= 4 is 17.7 Å². The van der Waals surface area contributed by atoms with E-state index in [4.69, 9.17) is 9.47 Å². The quantitative estimate of drug-likeness (QED) is 0.600. The van der Waals surface area contributed by atoms with Crippen LogP contribution in [0, 0.1) is 0 Å². The molecule has 0 aliphatic rings. The Morgan fingerprint density at radius 1 is 1.33 bits per heavy atom. The fourth-order valence-electron chi connectivity index (χ4n) is 2.44. The molecule has 0 fully saturated rings. The third-order valence-electron chi connectivity index (χ3n) is 4.02. The van der Waals surface area contributed by atoms with E-state index >= 15 is 0 Å². The lowest BCUT2D eigenvalue weighted by atomic mass is 10.2. The summed E-state index contributed by atoms with van der Waals surface area (Å²) in [4.78, 5) is 24.2. The van der Waals surface area contributed by atoms with E-state index in [-0.39, 0.29) is 16.8 Å². The topological polar surface area (TPSA) is 98.2 Å². The predicted octanol–water partition coefficient (Wildman–Crippen LogP) is 2.19. The predicted molar refractivity (Wildman–Crippen MR) is 104 cm³/mol. The summed E-state index contributed by atoms with van der Waals surface area (Å²) in [6.45, 7) is 4.81. The van der Waals surface area contributed by atoms with Gasteiger partial charge in [0.25, 0.3) is 0 Å². The highest BCUT2D eigenvalue weighted by Gasteiger charge is 2.19. The number of unbranched alkanes of at least 4 members (excludes halogenated alkanes) is 1. The van der Waals surface area contributed by atoms with Crippen molar-refractivity contribution in [3.63, 3.8) is 0 Å². The maximum atomic E-state index is 12.4. The number of ether oxygens (including phenoxy) is 2. The van der Waals surface area contributed by atoms with E-state index < -0.39 is 0 Å². The summed E-state index contributed by atoms with van der Waals surface area (Å²) in [5.74, 6) is 1.12. The molecule has 1 aromatic heterocycles. The van der Waals surface area contributed by atoms with Crippen LogP contribution < -0.4 is 20.5 Å². The van der Waals surface area contributed by atoms with Gasteiger partial charge in [-0.15, -0.1) is 5.10 Å². The molecule has 0 unspecified atom stereocenters. The molecule has 0 aliphatic carbocycles. The van der Waals surface area contributed by atoms with Crippen LogP contribution in [0.5, 0.6) is 11.5 Å². The smallest absolute Gasteiger partial charge is 0.343 e. The van der Waals surface area contributed by atoms with Crippen LogP contribution in [0.1, 0.15) is 32.3 Å². The number of benzene rings is 1. The molecule has 1 atom stereocenters. The van der Waals surface area contributed by atoms with E-state index in [1.165, 1.54) is 11.8 Å². The first-order chi connectivity index (χ1) is 13.0. The number of aromatic nitrogens is 3. The molecule has 2 rings (SSSR count). The van der Waals surface area contributed by atoms with E-state index in [1.807, 2.05) is 12.1 Å². The number of carbonyl (C=O) groups excluding carboxylic acids is 1. The van der Waals surface area contributed by atoms with Crippen molar-refractivity contribution < 1.29 is 14.3 Å². The number of thioether (sulfide) groups is 1. The normalized spacial score (nSPS) is 11.9. The molecule has 0 spiro atoms. The average Bonchev–Trinajstić information content (AvgIpc) is 3.03. The first-order valence-electron chi connectivity index (χ1n) is 8.80. The molecule has 1 amide bonds. The lowest BCUT2D eigenvalue weighted by Crippen LogP contribution is -2.31. The van der Waals surface area contributed by atoms with E-state index in [2.05, 4.69) is 22.4 Å². The number of carbonyl (C=O) groups is 1. The van der Waals surface area contributed by atoms with E-state index in [9.17, 15) is 9.59 Å². The molecule has 2 aromatic rings. The molecule has 1 heterocycles. The van der Waals surface area contributed by atoms with Gasteiger partial charge in [-0.05, 0) is 31.0 Å². The zero-order chi connectivity index (χ0) is 19.8. The minimum absolute atomic E-state index is 0.132. The third kappa shape index (κ3) is 5.53. The molecule has 27 heavy (non-hydrogen) atoms. The van der Waals surface area contributed by atoms with E-state index in [0.717, 1.165) is 18.4 Å². The van der Waals surface area contributed by atoms with Crippen molar-refractivity contribution in [1.82, 2.24) is 20.1 Å². The fraction of sp³-hybridized carbons (Fsp3) is 0.500. The maximum Gasteiger partial charge on any atom is 0.343 e. The Hall–Kier alpha value is -2.42. The Kier molecular flexibility index (Phi) is 7.78. The van der Waals surface area contributed by atoms with Crippen LogP contribution in [-0.2, 0) is 17.9 Å². The van der Waals surface area contributed by atoms with Gasteiger partial charge in [-0.1, -0.05) is 31.2 Å². The van der Waals surface area contributed by atoms with Crippen LogP contribution in [-0.4, -0.2) is 40.1 Å². The van der Waals surface area contributed by atoms with Gasteiger partial charge in [0.05, 0.1) is 19.5 Å². The lowest BCUT2D eigenvalue weighted by molar-refractivity contribution is -0.120. The van der Waals surface area contributed by atoms with Crippen molar-refractivity contribution in [2.75, 3.05) is 14.2 Å². The summed E-state index contributed by atoms with van der Waals surface area (Å²) in [6, 6.07) is 5.50. The molecule has 2 N–H and O–H groups in total. The van der Waals surface area contributed by atoms with Crippen molar-refractivity contribution in [3.8, 4) is 11.5 Å². The van der Waals surface area contributed by atoms with Gasteiger partial charge >= 0.3 is 5.69 Å². The van der Waals surface area contributed by atoms with Crippen LogP contribution in [0.25, 0.3) is 0 Å². The summed E-state index contributed by atoms with van der Waals surface area (Å²) in [5.41, 5.74) is 0.654. The van der Waals surface area contributed by atoms with Crippen LogP contribution >= 0.6 is 11.8 Å². The molecule has 8 nitrogen and oxygen atoms in total. The molecule has 0 saturated carbocycles. The zero-order valence-electron chi connectivity index (χ0n) is 16.1. The van der Waals surface area contributed by atoms with Crippen molar-refractivity contribution in [2.24, 2.45) is 0 Å². The molecule has 0 radical (unpaired) electrons. The van der Waals surface area contributed by atoms with E-state index in [0.29, 0.717) is 29.7 Å². The summed E-state index contributed by atoms with van der Waals surface area (Å²) in [7, 11) is 3.15. The maximum absolute atomic E-state index is 12.4. The van der Waals surface area contributed by atoms with Crippen molar-refractivity contribution in [2.45, 2.75) is 50.2 Å². The molecular formula is C18H26N4O4S. The molecule has 0 aliphatic heterocycles. The van der Waals surface area contributed by atoms with Gasteiger partial charge in [-0.2, -0.15) is 0 Å². The van der Waals surface area contributed by atoms with Crippen LogP contribution in [0.4, 0.5) is 0 Å². The summed E-state index contributed by atoms with van der Waals surface area (Å²) >= 11 is 1.26. The Morgan fingerprint density at radius 3 is 2.74 bits per heavy atom. The Bertz CT molecular complexity index is 818. The average molecular weight is 394 g/mol. The molecule has 9 heteroatoms. The Morgan fingerprint density at radius 2 is 2.07 bits per heavy atom. The Balaban J connectivity index is 1.95. The van der Waals surface area contributed by atoms with E-state index in [1.54, 1.807) is 31.8 Å². The number of rotatable bonds is 10. The number of aromatic amines is 1. The number of nitrogens with one attached hydrogen (secondary N) is 2. The number of hydrogen-bond donors (Lipinski definition) is 2. The summed E-state index contributed by atoms with van der Waals surface area (Å²) in [6.07, 6.45) is 1.86. The van der Waals surface area contributed by atoms with Gasteiger partial charge in [0.2, 0.25) is 5.91 Å². The fourth-order valence-corrected chi connectivity index (χ4v) is 3.35. The largest absolute Gasteiger partial charge is 0.493 e. The second-order valence-corrected chi connectivity index (χ2v) is 7.29. The van der Waals surface area contributed by atoms with Gasteiger partial charge in [-0.3, -0.25) is 9.36 Å². The third-order valence-corrected chi connectivity index (χ3v) is 5.11. The highest BCUT2D eigenvalue weighted by molar-refractivity contribution is 8.00. The SMILES string of the molecule is CCCCn1c(S[C@@H](C)C(=O)NCc2ccc(OC)c(OC)c2)n[nH]c1=O. The second-order valence-electron chi connectivity index (χ2n) is 5.98. The molecule has 0 bridgehead atoms. The van der Waals surface area contributed by atoms with Gasteiger partial charge in [-0.25, -0.2) is 9.89 Å². The standard InChI is InChI=1S/C18H26N4O4S/c1-5-6-9-22-17(24)20-21-18(22)27-12(2)16(23)19-11-13-7-8-14(25-3)15(10-13)26-4/h7-8,10,12H,5-6,9,11H2,1-4H3,(H,19,23)(H,20,24)/t12-/m0/s1. The van der Waals surface area contributed by atoms with Crippen LogP contribution in [0.2, 0.25) is 0 Å². The first-order valence-corrected chi connectivity index (χ1v) is 9.68. The van der Waals surface area contributed by atoms with Gasteiger partial charge in [0.15, 0.2) is 16.7 Å². The molecular weight excluding hydrogens is 368 g/mol. The highest BCUT2D eigenvalue weighted by Crippen LogP contribution is 2.27. The number of nitrogens with zero attached hydrogens (tertiary/aromatic N) is 2. The monoisotopic (exact) mass is 394 g/mol. The minimum Gasteiger partial charge on any atom is -0.493 e. The zero-order valence-corrected chi connectivity index (χ0v) is 16.9. The number of amides is 1. The van der Waals surface area contributed by atoms with Crippen molar-refractivity contribution in [3.05, 3.63) is 34.2 Å². The highest BCUT2D eigenvalue weighted by atomic mass is 32.2. The van der Waals surface area contributed by atoms with Crippen LogP contribution in [0.15, 0.2) is 28.2 Å². The first kappa shape index (κ1) is 20.9. The number of H-pyrrole nitrogens is 1. The Labute approximate surface area is 162 Å².